The summed E-state index contributed by atoms with van der Waals surface area (Å²) in [7, 11) is 0. The molecule has 4 aromatic rings. The number of anilines is 1. The number of carbonyl (C=O) groups excluding carboxylic acids is 3. The van der Waals surface area contributed by atoms with Gasteiger partial charge in [0.15, 0.2) is 10.2 Å². The van der Waals surface area contributed by atoms with Gasteiger partial charge in [-0.3, -0.25) is 14.9 Å². The van der Waals surface area contributed by atoms with E-state index in [9.17, 15) is 14.4 Å². The topological polar surface area (TPSA) is 108 Å². The number of nitrogens with zero attached hydrogens (tertiary/aromatic N) is 2. The number of benzene rings is 2. The Morgan fingerprint density at radius 2 is 1.78 bits per heavy atom. The summed E-state index contributed by atoms with van der Waals surface area (Å²) in [6, 6.07) is 17.1. The van der Waals surface area contributed by atoms with Gasteiger partial charge in [0.1, 0.15) is 11.3 Å². The molecule has 9 heteroatoms. The number of amides is 4. The number of rotatable bonds is 4. The van der Waals surface area contributed by atoms with Crippen LogP contribution in [-0.4, -0.2) is 27.8 Å². The highest BCUT2D eigenvalue weighted by Crippen LogP contribution is 2.30. The van der Waals surface area contributed by atoms with Gasteiger partial charge >= 0.3 is 6.03 Å². The fourth-order valence-electron chi connectivity index (χ4n) is 3.27. The fraction of sp³-hybridized carbons (Fsp3) is 0.0435. The number of furan rings is 1. The molecule has 3 heterocycles. The number of carbonyl (C=O) groups is 3. The lowest BCUT2D eigenvalue weighted by molar-refractivity contribution is -0.122. The van der Waals surface area contributed by atoms with Crippen LogP contribution >= 0.6 is 11.8 Å². The van der Waals surface area contributed by atoms with Crippen LogP contribution in [0.5, 0.6) is 0 Å². The van der Waals surface area contributed by atoms with Gasteiger partial charge in [-0.25, -0.2) is 14.7 Å². The van der Waals surface area contributed by atoms with Crippen molar-refractivity contribution in [2.75, 3.05) is 4.90 Å². The maximum atomic E-state index is 12.9. The molecule has 5 rings (SSSR count). The van der Waals surface area contributed by atoms with Crippen molar-refractivity contribution in [1.29, 1.82) is 0 Å². The zero-order chi connectivity index (χ0) is 22.2. The van der Waals surface area contributed by atoms with Gasteiger partial charge in [0.05, 0.1) is 16.7 Å². The van der Waals surface area contributed by atoms with E-state index in [1.807, 2.05) is 31.2 Å². The van der Waals surface area contributed by atoms with Crippen LogP contribution in [-0.2, 0) is 9.59 Å². The van der Waals surface area contributed by atoms with Crippen molar-refractivity contribution in [1.82, 2.24) is 15.3 Å². The minimum absolute atomic E-state index is 0.195. The Morgan fingerprint density at radius 1 is 1.00 bits per heavy atom. The Labute approximate surface area is 186 Å². The Morgan fingerprint density at radius 3 is 2.56 bits per heavy atom. The van der Waals surface area contributed by atoms with E-state index in [1.165, 1.54) is 17.8 Å². The number of fused-ring (bicyclic) bond motifs is 1. The molecule has 1 saturated heterocycles. The summed E-state index contributed by atoms with van der Waals surface area (Å²) < 4.78 is 5.76. The molecule has 2 aromatic heterocycles. The van der Waals surface area contributed by atoms with Crippen LogP contribution in [0.2, 0.25) is 0 Å². The summed E-state index contributed by atoms with van der Waals surface area (Å²) in [5.41, 5.74) is 2.91. The number of aryl methyl sites for hydroxylation is 1. The van der Waals surface area contributed by atoms with Gasteiger partial charge < -0.3 is 9.40 Å². The highest BCUT2D eigenvalue weighted by Gasteiger charge is 2.37. The molecular weight excluding hydrogens is 428 g/mol. The quantitative estimate of drug-likeness (QED) is 0.359. The number of hydrogen-bond acceptors (Lipinski definition) is 6. The van der Waals surface area contributed by atoms with E-state index in [4.69, 9.17) is 4.42 Å². The van der Waals surface area contributed by atoms with Crippen LogP contribution < -0.4 is 10.2 Å². The zero-order valence-corrected chi connectivity index (χ0v) is 17.6. The molecule has 8 nitrogen and oxygen atoms in total. The highest BCUT2D eigenvalue weighted by atomic mass is 32.2. The van der Waals surface area contributed by atoms with Gasteiger partial charge in [0, 0.05) is 0 Å². The van der Waals surface area contributed by atoms with Gasteiger partial charge in [-0.15, -0.1) is 0 Å². The Kier molecular flexibility index (Phi) is 4.87. The number of imide groups is 2. The number of imidazole rings is 1. The van der Waals surface area contributed by atoms with Crippen molar-refractivity contribution in [3.05, 3.63) is 77.6 Å². The molecule has 0 unspecified atom stereocenters. The van der Waals surface area contributed by atoms with Crippen LogP contribution in [0, 0.1) is 6.92 Å². The minimum Gasteiger partial charge on any atom is -0.450 e. The third-order valence-electron chi connectivity index (χ3n) is 4.85. The normalized spacial score (nSPS) is 15.6. The first-order valence-corrected chi connectivity index (χ1v) is 10.5. The van der Waals surface area contributed by atoms with Gasteiger partial charge in [-0.2, -0.15) is 0 Å². The van der Waals surface area contributed by atoms with Crippen molar-refractivity contribution in [2.45, 2.75) is 17.2 Å². The minimum atomic E-state index is -0.790. The molecular formula is C23H16N4O4S. The summed E-state index contributed by atoms with van der Waals surface area (Å²) in [5.74, 6) is -1.18. The second-order valence-electron chi connectivity index (χ2n) is 7.11. The molecule has 158 valence electrons. The van der Waals surface area contributed by atoms with E-state index < -0.39 is 17.8 Å². The second-order valence-corrected chi connectivity index (χ2v) is 8.10. The van der Waals surface area contributed by atoms with E-state index >= 15 is 0 Å². The predicted octanol–water partition coefficient (Wildman–Crippen LogP) is 4.28. The summed E-state index contributed by atoms with van der Waals surface area (Å²) in [6.07, 6.45) is 1.33. The SMILES string of the molecule is Cc1ccc(N2C(=O)NC(=O)/C(=C\c3ccc(Sc4nc5ccccc5[nH]4)o3)C2=O)cc1. The molecule has 0 spiro atoms. The van der Waals surface area contributed by atoms with Crippen LogP contribution in [0.3, 0.4) is 0 Å². The molecule has 4 amide bonds. The Hall–Kier alpha value is -4.11. The predicted molar refractivity (Wildman–Crippen MR) is 119 cm³/mol. The average molecular weight is 444 g/mol. The van der Waals surface area contributed by atoms with E-state index in [0.29, 0.717) is 21.7 Å². The van der Waals surface area contributed by atoms with Crippen molar-refractivity contribution in [3.63, 3.8) is 0 Å². The lowest BCUT2D eigenvalue weighted by Crippen LogP contribution is -2.54. The maximum absolute atomic E-state index is 12.9. The molecule has 1 aliphatic heterocycles. The highest BCUT2D eigenvalue weighted by molar-refractivity contribution is 7.99. The summed E-state index contributed by atoms with van der Waals surface area (Å²) in [6.45, 7) is 1.90. The number of hydrogen-bond donors (Lipinski definition) is 2. The van der Waals surface area contributed by atoms with Crippen LogP contribution in [0.4, 0.5) is 10.5 Å². The number of nitrogens with one attached hydrogen (secondary N) is 2. The summed E-state index contributed by atoms with van der Waals surface area (Å²) in [5, 5.41) is 3.39. The molecule has 0 aliphatic carbocycles. The number of aromatic nitrogens is 2. The number of barbiturate groups is 1. The molecule has 0 radical (unpaired) electrons. The first kappa shape index (κ1) is 19.8. The maximum Gasteiger partial charge on any atom is 0.335 e. The molecule has 0 bridgehead atoms. The molecule has 0 saturated carbocycles. The Balaban J connectivity index is 1.40. The molecule has 1 aliphatic rings. The number of urea groups is 1. The molecule has 0 atom stereocenters. The molecule has 2 N–H and O–H groups in total. The number of H-pyrrole nitrogens is 1. The van der Waals surface area contributed by atoms with E-state index in [2.05, 4.69) is 15.3 Å². The fourth-order valence-corrected chi connectivity index (χ4v) is 4.04. The monoisotopic (exact) mass is 444 g/mol. The van der Waals surface area contributed by atoms with Crippen molar-refractivity contribution < 1.29 is 18.8 Å². The van der Waals surface area contributed by atoms with Crippen molar-refractivity contribution >= 4 is 52.4 Å². The lowest BCUT2D eigenvalue weighted by atomic mass is 10.1. The average Bonchev–Trinajstić information content (AvgIpc) is 3.38. The van der Waals surface area contributed by atoms with Crippen molar-refractivity contribution in [2.24, 2.45) is 0 Å². The van der Waals surface area contributed by atoms with Gasteiger partial charge in [-0.05, 0) is 61.2 Å². The molecule has 1 fully saturated rings. The first-order valence-electron chi connectivity index (χ1n) is 9.68. The van der Waals surface area contributed by atoms with Gasteiger partial charge in [-0.1, -0.05) is 29.8 Å². The van der Waals surface area contributed by atoms with E-state index in [-0.39, 0.29) is 5.57 Å². The van der Waals surface area contributed by atoms with Crippen LogP contribution in [0.25, 0.3) is 17.1 Å². The van der Waals surface area contributed by atoms with Gasteiger partial charge in [0.2, 0.25) is 0 Å². The molecule has 2 aromatic carbocycles. The van der Waals surface area contributed by atoms with E-state index in [1.54, 1.807) is 36.4 Å². The Bertz CT molecular complexity index is 1370. The molecule has 32 heavy (non-hydrogen) atoms. The summed E-state index contributed by atoms with van der Waals surface area (Å²) >= 11 is 1.28. The zero-order valence-electron chi connectivity index (χ0n) is 16.8. The number of aromatic amines is 1. The smallest absolute Gasteiger partial charge is 0.335 e. The van der Waals surface area contributed by atoms with Crippen molar-refractivity contribution in [3.8, 4) is 0 Å². The summed E-state index contributed by atoms with van der Waals surface area (Å²) in [4.78, 5) is 46.2. The third-order valence-corrected chi connectivity index (χ3v) is 5.65. The first-order chi connectivity index (χ1) is 15.5. The van der Waals surface area contributed by atoms with Crippen LogP contribution in [0.15, 0.2) is 80.9 Å². The second kappa shape index (κ2) is 7.86. The van der Waals surface area contributed by atoms with Crippen LogP contribution in [0.1, 0.15) is 11.3 Å². The standard InChI is InChI=1S/C23H16N4O4S/c1-13-6-8-14(9-7-13)27-21(29)16(20(28)26-23(27)30)12-15-10-11-19(31-15)32-22-24-17-4-2-3-5-18(17)25-22/h2-12H,1H3,(H,24,25)(H,26,28,30)/b16-12+. The number of para-hydroxylation sites is 2. The lowest BCUT2D eigenvalue weighted by Gasteiger charge is -2.26. The third kappa shape index (κ3) is 3.69. The van der Waals surface area contributed by atoms with Gasteiger partial charge in [0.25, 0.3) is 11.8 Å². The largest absolute Gasteiger partial charge is 0.450 e. The van der Waals surface area contributed by atoms with E-state index in [0.717, 1.165) is 21.5 Å².